The van der Waals surface area contributed by atoms with E-state index in [2.05, 4.69) is 5.10 Å². The van der Waals surface area contributed by atoms with Crippen LogP contribution in [-0.4, -0.2) is 28.1 Å². The second-order valence-electron chi connectivity index (χ2n) is 4.93. The molecule has 1 aromatic carbocycles. The number of carbonyl (C=O) groups is 2. The highest BCUT2D eigenvalue weighted by molar-refractivity contribution is 7.13. The topological polar surface area (TPSA) is 61.2 Å². The summed E-state index contributed by atoms with van der Waals surface area (Å²) in [6.07, 6.45) is 1.63. The van der Waals surface area contributed by atoms with Crippen molar-refractivity contribution < 1.29 is 14.3 Å². The molecule has 0 radical (unpaired) electrons. The van der Waals surface area contributed by atoms with Crippen LogP contribution in [0.4, 0.5) is 0 Å². The minimum Gasteiger partial charge on any atom is -0.454 e. The van der Waals surface area contributed by atoms with Crippen LogP contribution in [0.25, 0.3) is 16.3 Å². The van der Waals surface area contributed by atoms with Crippen LogP contribution < -0.4 is 0 Å². The molecule has 23 heavy (non-hydrogen) atoms. The maximum atomic E-state index is 12.3. The normalized spacial score (nSPS) is 10.5. The summed E-state index contributed by atoms with van der Waals surface area (Å²) >= 11 is 1.49. The molecular formula is C17H14N2O3S. The molecule has 0 saturated heterocycles. The molecule has 0 saturated carbocycles. The largest absolute Gasteiger partial charge is 0.454 e. The van der Waals surface area contributed by atoms with E-state index in [9.17, 15) is 9.59 Å². The van der Waals surface area contributed by atoms with E-state index < -0.39 is 5.97 Å². The van der Waals surface area contributed by atoms with Gasteiger partial charge in [-0.15, -0.1) is 11.3 Å². The van der Waals surface area contributed by atoms with Gasteiger partial charge in [0.05, 0.1) is 10.6 Å². The summed E-state index contributed by atoms with van der Waals surface area (Å²) in [5.41, 5.74) is 1.74. The molecule has 0 bridgehead atoms. The van der Waals surface area contributed by atoms with Crippen LogP contribution in [0.3, 0.4) is 0 Å². The van der Waals surface area contributed by atoms with Crippen molar-refractivity contribution in [3.05, 3.63) is 59.6 Å². The van der Waals surface area contributed by atoms with Gasteiger partial charge < -0.3 is 4.74 Å². The van der Waals surface area contributed by atoms with E-state index in [4.69, 9.17) is 4.74 Å². The van der Waals surface area contributed by atoms with Gasteiger partial charge in [0.15, 0.2) is 5.78 Å². The van der Waals surface area contributed by atoms with E-state index in [1.165, 1.54) is 18.3 Å². The number of nitrogens with zero attached hydrogens (tertiary/aromatic N) is 2. The molecular weight excluding hydrogens is 312 g/mol. The fraction of sp³-hybridized carbons (Fsp3) is 0.118. The zero-order valence-electron chi connectivity index (χ0n) is 12.4. The number of benzene rings is 1. The Balaban J connectivity index is 2.01. The van der Waals surface area contributed by atoms with Crippen LogP contribution in [0, 0.1) is 0 Å². The summed E-state index contributed by atoms with van der Waals surface area (Å²) in [6, 6.07) is 13.3. The third kappa shape index (κ3) is 3.37. The number of Topliss-reactive ketones (excluding diaryl/α,β-unsaturated/α-hetero) is 1. The predicted octanol–water partition coefficient (Wildman–Crippen LogP) is 3.35. The highest BCUT2D eigenvalue weighted by atomic mass is 32.1. The Hall–Kier alpha value is -2.73. The van der Waals surface area contributed by atoms with Gasteiger partial charge in [-0.25, -0.2) is 9.48 Å². The van der Waals surface area contributed by atoms with Crippen LogP contribution in [0.5, 0.6) is 0 Å². The number of ether oxygens (including phenoxy) is 1. The van der Waals surface area contributed by atoms with Crippen molar-refractivity contribution in [2.75, 3.05) is 6.61 Å². The third-order valence-corrected chi connectivity index (χ3v) is 3.99. The molecule has 2 heterocycles. The third-order valence-electron chi connectivity index (χ3n) is 3.12. The molecule has 0 aliphatic carbocycles. The van der Waals surface area contributed by atoms with Gasteiger partial charge in [-0.1, -0.05) is 24.3 Å². The highest BCUT2D eigenvalue weighted by Crippen LogP contribution is 2.28. The summed E-state index contributed by atoms with van der Waals surface area (Å²) in [7, 11) is 0. The molecule has 0 spiro atoms. The minimum absolute atomic E-state index is 0.202. The van der Waals surface area contributed by atoms with Crippen LogP contribution in [0.15, 0.2) is 54.0 Å². The number of thiophene rings is 1. The average molecular weight is 326 g/mol. The van der Waals surface area contributed by atoms with E-state index in [1.807, 2.05) is 47.8 Å². The molecule has 3 rings (SSSR count). The van der Waals surface area contributed by atoms with E-state index in [0.717, 1.165) is 10.6 Å². The Labute approximate surface area is 137 Å². The summed E-state index contributed by atoms with van der Waals surface area (Å²) in [5, 5.41) is 6.43. The fourth-order valence-corrected chi connectivity index (χ4v) is 2.80. The van der Waals surface area contributed by atoms with Gasteiger partial charge in [-0.3, -0.25) is 4.79 Å². The van der Waals surface area contributed by atoms with Crippen LogP contribution in [0.1, 0.15) is 17.3 Å². The molecule has 0 N–H and O–H groups in total. The lowest BCUT2D eigenvalue weighted by molar-refractivity contribution is -0.120. The second kappa shape index (κ2) is 6.58. The predicted molar refractivity (Wildman–Crippen MR) is 87.8 cm³/mol. The van der Waals surface area contributed by atoms with Crippen molar-refractivity contribution in [2.45, 2.75) is 6.92 Å². The molecule has 5 nitrogen and oxygen atoms in total. The van der Waals surface area contributed by atoms with Crippen LogP contribution in [-0.2, 0) is 9.53 Å². The van der Waals surface area contributed by atoms with E-state index in [1.54, 1.807) is 10.9 Å². The van der Waals surface area contributed by atoms with E-state index >= 15 is 0 Å². The van der Waals surface area contributed by atoms with Gasteiger partial charge in [-0.2, -0.15) is 5.10 Å². The molecule has 0 atom stereocenters. The lowest BCUT2D eigenvalue weighted by Gasteiger charge is -2.01. The lowest BCUT2D eigenvalue weighted by atomic mass is 10.2. The van der Waals surface area contributed by atoms with Crippen molar-refractivity contribution in [3.8, 4) is 16.3 Å². The zero-order valence-corrected chi connectivity index (χ0v) is 13.2. The molecule has 0 aliphatic rings. The standard InChI is InChI=1S/C17H14N2O3S/c1-12(20)11-22-17(21)14-10-19(13-6-3-2-4-7-13)18-16(14)15-8-5-9-23-15/h2-10H,11H2,1H3. The molecule has 0 fully saturated rings. The fourth-order valence-electron chi connectivity index (χ4n) is 2.08. The smallest absolute Gasteiger partial charge is 0.342 e. The highest BCUT2D eigenvalue weighted by Gasteiger charge is 2.20. The minimum atomic E-state index is -0.550. The molecule has 0 aliphatic heterocycles. The van der Waals surface area contributed by atoms with Gasteiger partial charge in [0.25, 0.3) is 0 Å². The zero-order chi connectivity index (χ0) is 16.2. The van der Waals surface area contributed by atoms with Crippen molar-refractivity contribution in [1.29, 1.82) is 0 Å². The Morgan fingerprint density at radius 2 is 1.96 bits per heavy atom. The molecule has 0 amide bonds. The molecule has 116 valence electrons. The molecule has 0 unspecified atom stereocenters. The molecule has 3 aromatic rings. The van der Waals surface area contributed by atoms with Crippen molar-refractivity contribution in [2.24, 2.45) is 0 Å². The quantitative estimate of drug-likeness (QED) is 0.675. The number of para-hydroxylation sites is 1. The Morgan fingerprint density at radius 3 is 2.61 bits per heavy atom. The van der Waals surface area contributed by atoms with Gasteiger partial charge in [0, 0.05) is 6.20 Å². The van der Waals surface area contributed by atoms with Gasteiger partial charge >= 0.3 is 5.97 Å². The van der Waals surface area contributed by atoms with E-state index in [-0.39, 0.29) is 12.4 Å². The first-order chi connectivity index (χ1) is 11.1. The number of hydrogen-bond donors (Lipinski definition) is 0. The first kappa shape index (κ1) is 15.2. The van der Waals surface area contributed by atoms with Gasteiger partial charge in [0.1, 0.15) is 17.9 Å². The Kier molecular flexibility index (Phi) is 4.34. The number of aromatic nitrogens is 2. The second-order valence-corrected chi connectivity index (χ2v) is 5.87. The lowest BCUT2D eigenvalue weighted by Crippen LogP contribution is -2.11. The first-order valence-electron chi connectivity index (χ1n) is 7.00. The van der Waals surface area contributed by atoms with Gasteiger partial charge in [0.2, 0.25) is 0 Å². The number of ketones is 1. The summed E-state index contributed by atoms with van der Waals surface area (Å²) in [6.45, 7) is 1.14. The maximum Gasteiger partial charge on any atom is 0.342 e. The van der Waals surface area contributed by atoms with Crippen molar-refractivity contribution in [1.82, 2.24) is 9.78 Å². The van der Waals surface area contributed by atoms with Crippen molar-refractivity contribution in [3.63, 3.8) is 0 Å². The van der Waals surface area contributed by atoms with Crippen molar-refractivity contribution >= 4 is 23.1 Å². The molecule has 2 aromatic heterocycles. The Morgan fingerprint density at radius 1 is 1.17 bits per heavy atom. The van der Waals surface area contributed by atoms with Crippen LogP contribution in [0.2, 0.25) is 0 Å². The summed E-state index contributed by atoms with van der Waals surface area (Å²) in [4.78, 5) is 24.2. The summed E-state index contributed by atoms with van der Waals surface area (Å²) < 4.78 is 6.68. The maximum absolute atomic E-state index is 12.3. The van der Waals surface area contributed by atoms with Crippen LogP contribution >= 0.6 is 11.3 Å². The number of hydrogen-bond acceptors (Lipinski definition) is 5. The number of carbonyl (C=O) groups excluding carboxylic acids is 2. The monoisotopic (exact) mass is 326 g/mol. The number of rotatable bonds is 5. The number of esters is 1. The SMILES string of the molecule is CC(=O)COC(=O)c1cn(-c2ccccc2)nc1-c1cccs1. The average Bonchev–Trinajstić information content (AvgIpc) is 3.22. The first-order valence-corrected chi connectivity index (χ1v) is 7.88. The van der Waals surface area contributed by atoms with E-state index in [0.29, 0.717) is 11.3 Å². The molecule has 6 heteroatoms. The summed E-state index contributed by atoms with van der Waals surface area (Å²) in [5.74, 6) is -0.753. The Bertz CT molecular complexity index is 823. The van der Waals surface area contributed by atoms with Gasteiger partial charge in [-0.05, 0) is 30.5 Å².